The summed E-state index contributed by atoms with van der Waals surface area (Å²) in [5.41, 5.74) is 3.79. The molecule has 0 bridgehead atoms. The molecule has 4 aromatic carbocycles. The molecule has 4 aromatic rings. The van der Waals surface area contributed by atoms with E-state index in [-0.39, 0.29) is 23.7 Å². The zero-order valence-electron chi connectivity index (χ0n) is 20.7. The van der Waals surface area contributed by atoms with Crippen molar-refractivity contribution in [1.82, 2.24) is 0 Å². The van der Waals surface area contributed by atoms with Crippen molar-refractivity contribution < 1.29 is 18.8 Å². The number of hydrogen-bond donors (Lipinski definition) is 1. The van der Waals surface area contributed by atoms with Gasteiger partial charge in [0, 0.05) is 12.1 Å². The number of hydrogen-bond acceptors (Lipinski definition) is 7. The number of ether oxygens (including phenoxy) is 2. The first-order valence-corrected chi connectivity index (χ1v) is 12.4. The highest BCUT2D eigenvalue weighted by atomic mass is 19.1. The topological polar surface area (TPSA) is 98.4 Å². The molecule has 0 aliphatic carbocycles. The zero-order valence-corrected chi connectivity index (χ0v) is 20.7. The normalized spacial score (nSPS) is 18.1. The minimum Gasteiger partial charge on any atom is -0.475 e. The first-order valence-electron chi connectivity index (χ1n) is 12.4. The summed E-state index contributed by atoms with van der Waals surface area (Å²) in [6.45, 7) is 0.651. The minimum atomic E-state index is -0.467. The summed E-state index contributed by atoms with van der Waals surface area (Å²) >= 11 is 0. The summed E-state index contributed by atoms with van der Waals surface area (Å²) in [5.74, 6) is 0.161. The molecule has 0 saturated carbocycles. The molecule has 0 radical (unpaired) electrons. The first kappa shape index (κ1) is 24.3. The summed E-state index contributed by atoms with van der Waals surface area (Å²) in [6.07, 6.45) is 0. The van der Waals surface area contributed by atoms with Gasteiger partial charge in [0.25, 0.3) is 5.69 Å². The van der Waals surface area contributed by atoms with Gasteiger partial charge in [-0.25, -0.2) is 14.4 Å². The molecule has 0 amide bonds. The van der Waals surface area contributed by atoms with Gasteiger partial charge >= 0.3 is 0 Å². The van der Waals surface area contributed by atoms with Crippen LogP contribution in [0.2, 0.25) is 0 Å². The summed E-state index contributed by atoms with van der Waals surface area (Å²) in [6, 6.07) is 27.7. The zero-order chi connectivity index (χ0) is 26.8. The third-order valence-electron chi connectivity index (χ3n) is 6.60. The van der Waals surface area contributed by atoms with Crippen LogP contribution in [0.3, 0.4) is 0 Å². The van der Waals surface area contributed by atoms with Crippen molar-refractivity contribution in [1.29, 1.82) is 0 Å². The van der Waals surface area contributed by atoms with E-state index < -0.39 is 10.7 Å². The van der Waals surface area contributed by atoms with Crippen LogP contribution in [0.25, 0.3) is 0 Å². The monoisotopic (exact) mass is 522 g/mol. The van der Waals surface area contributed by atoms with E-state index in [1.54, 1.807) is 12.1 Å². The number of benzene rings is 4. The number of rotatable bonds is 7. The lowest BCUT2D eigenvalue weighted by atomic mass is 10.1. The van der Waals surface area contributed by atoms with Gasteiger partial charge in [-0.05, 0) is 35.4 Å². The molecular weight excluding hydrogens is 499 g/mol. The maximum absolute atomic E-state index is 14.4. The summed E-state index contributed by atoms with van der Waals surface area (Å²) in [4.78, 5) is 20.5. The van der Waals surface area contributed by atoms with Crippen LogP contribution in [0.5, 0.6) is 0 Å². The lowest BCUT2D eigenvalue weighted by molar-refractivity contribution is -0.384. The second-order valence-electron chi connectivity index (χ2n) is 9.15. The third kappa shape index (κ3) is 5.06. The number of nitrogens with one attached hydrogen (secondary N) is 1. The Hall–Kier alpha value is -5.05. The SMILES string of the molecule is O=[N+]([O-])c1ccc(Nc2ccc(F)cc2C2=N[C@H](c3ccccc3)CO2)c(C2=N[C@H](c3ccccc3)CO2)c1. The minimum absolute atomic E-state index is 0.0986. The maximum Gasteiger partial charge on any atom is 0.270 e. The lowest BCUT2D eigenvalue weighted by Crippen LogP contribution is -2.10. The largest absolute Gasteiger partial charge is 0.475 e. The van der Waals surface area contributed by atoms with E-state index in [4.69, 9.17) is 19.5 Å². The molecule has 2 aliphatic rings. The van der Waals surface area contributed by atoms with Crippen LogP contribution in [0.4, 0.5) is 21.5 Å². The molecule has 39 heavy (non-hydrogen) atoms. The summed E-state index contributed by atoms with van der Waals surface area (Å²) in [7, 11) is 0. The fraction of sp³-hybridized carbons (Fsp3) is 0.133. The van der Waals surface area contributed by atoms with Crippen molar-refractivity contribution in [3.63, 3.8) is 0 Å². The highest BCUT2D eigenvalue weighted by Gasteiger charge is 2.27. The van der Waals surface area contributed by atoms with Crippen molar-refractivity contribution in [2.45, 2.75) is 12.1 Å². The first-order chi connectivity index (χ1) is 19.0. The molecule has 0 fully saturated rings. The second kappa shape index (κ2) is 10.4. The van der Waals surface area contributed by atoms with Crippen LogP contribution in [0.1, 0.15) is 34.3 Å². The molecule has 194 valence electrons. The molecule has 0 aromatic heterocycles. The highest BCUT2D eigenvalue weighted by Crippen LogP contribution is 2.34. The molecular formula is C30H23FN4O4. The van der Waals surface area contributed by atoms with Crippen molar-refractivity contribution in [3.8, 4) is 0 Å². The Morgan fingerprint density at radius 3 is 1.79 bits per heavy atom. The smallest absolute Gasteiger partial charge is 0.270 e. The molecule has 2 atom stereocenters. The van der Waals surface area contributed by atoms with Gasteiger partial charge < -0.3 is 14.8 Å². The van der Waals surface area contributed by atoms with E-state index in [9.17, 15) is 14.5 Å². The predicted molar refractivity (Wildman–Crippen MR) is 146 cm³/mol. The van der Waals surface area contributed by atoms with Gasteiger partial charge in [0.15, 0.2) is 0 Å². The van der Waals surface area contributed by atoms with Gasteiger partial charge in [-0.2, -0.15) is 0 Å². The van der Waals surface area contributed by atoms with E-state index in [1.165, 1.54) is 24.3 Å². The van der Waals surface area contributed by atoms with Gasteiger partial charge in [-0.15, -0.1) is 0 Å². The van der Waals surface area contributed by atoms with Gasteiger partial charge in [-0.3, -0.25) is 10.1 Å². The van der Waals surface area contributed by atoms with Crippen LogP contribution in [0.15, 0.2) is 107 Å². The fourth-order valence-electron chi connectivity index (χ4n) is 4.61. The molecule has 0 spiro atoms. The van der Waals surface area contributed by atoms with Crippen molar-refractivity contribution in [2.24, 2.45) is 9.98 Å². The average Bonchev–Trinajstić information content (AvgIpc) is 3.66. The molecule has 0 saturated heterocycles. The maximum atomic E-state index is 14.4. The lowest BCUT2D eigenvalue weighted by Gasteiger charge is -2.15. The van der Waals surface area contributed by atoms with Crippen LogP contribution in [-0.4, -0.2) is 29.9 Å². The molecule has 2 aliphatic heterocycles. The summed E-state index contributed by atoms with van der Waals surface area (Å²) < 4.78 is 26.2. The quantitative estimate of drug-likeness (QED) is 0.220. The van der Waals surface area contributed by atoms with E-state index in [0.29, 0.717) is 41.6 Å². The van der Waals surface area contributed by atoms with Crippen LogP contribution < -0.4 is 5.32 Å². The van der Waals surface area contributed by atoms with Crippen molar-refractivity contribution in [2.75, 3.05) is 18.5 Å². The van der Waals surface area contributed by atoms with Crippen LogP contribution in [0, 0.1) is 15.9 Å². The number of halogens is 1. The molecule has 2 heterocycles. The van der Waals surface area contributed by atoms with Gasteiger partial charge in [0.1, 0.15) is 31.1 Å². The summed E-state index contributed by atoms with van der Waals surface area (Å²) in [5, 5.41) is 14.9. The number of non-ortho nitro benzene ring substituents is 1. The van der Waals surface area contributed by atoms with Gasteiger partial charge in [0.2, 0.25) is 11.8 Å². The van der Waals surface area contributed by atoms with Crippen LogP contribution in [-0.2, 0) is 9.47 Å². The van der Waals surface area contributed by atoms with E-state index in [2.05, 4.69) is 5.32 Å². The Morgan fingerprint density at radius 2 is 1.26 bits per heavy atom. The van der Waals surface area contributed by atoms with Crippen molar-refractivity contribution >= 4 is 28.9 Å². The number of nitro benzene ring substituents is 1. The number of nitrogens with zero attached hydrogens (tertiary/aromatic N) is 3. The Morgan fingerprint density at radius 1 is 0.744 bits per heavy atom. The van der Waals surface area contributed by atoms with E-state index in [1.807, 2.05) is 60.7 Å². The number of nitro groups is 1. The third-order valence-corrected chi connectivity index (χ3v) is 6.60. The molecule has 8 nitrogen and oxygen atoms in total. The average molecular weight is 523 g/mol. The van der Waals surface area contributed by atoms with E-state index in [0.717, 1.165) is 11.1 Å². The Labute approximate surface area is 223 Å². The predicted octanol–water partition coefficient (Wildman–Crippen LogP) is 6.51. The Kier molecular flexibility index (Phi) is 6.46. The number of anilines is 2. The van der Waals surface area contributed by atoms with Crippen LogP contribution >= 0.6 is 0 Å². The molecule has 0 unspecified atom stereocenters. The Bertz CT molecular complexity index is 1590. The molecule has 9 heteroatoms. The van der Waals surface area contributed by atoms with Crippen molar-refractivity contribution in [3.05, 3.63) is 135 Å². The van der Waals surface area contributed by atoms with E-state index >= 15 is 0 Å². The molecule has 6 rings (SSSR count). The standard InChI is InChI=1S/C30H23FN4O4/c31-21-11-13-25(23(15-21)29-33-27(17-38-29)19-7-3-1-4-8-19)32-26-14-12-22(35(36)37)16-24(26)30-34-28(18-39-30)20-9-5-2-6-10-20/h1-16,27-28,32H,17-18H2/t27-,28-/m0/s1. The van der Waals surface area contributed by atoms with Gasteiger partial charge in [0.05, 0.1) is 27.4 Å². The molecule has 1 N–H and O–H groups in total. The fourth-order valence-corrected chi connectivity index (χ4v) is 4.61. The number of aliphatic imine (C=N–C) groups is 2. The highest BCUT2D eigenvalue weighted by molar-refractivity contribution is 6.04. The Balaban J connectivity index is 1.36. The second-order valence-corrected chi connectivity index (χ2v) is 9.15. The van der Waals surface area contributed by atoms with Gasteiger partial charge in [-0.1, -0.05) is 60.7 Å².